The second-order valence-corrected chi connectivity index (χ2v) is 5.90. The van der Waals surface area contributed by atoms with Gasteiger partial charge in [0.05, 0.1) is 13.2 Å². The molecule has 0 amide bonds. The number of aromatic amines is 1. The Bertz CT molecular complexity index is 876. The summed E-state index contributed by atoms with van der Waals surface area (Å²) >= 11 is 11.4. The molecule has 0 saturated carbocycles. The lowest BCUT2D eigenvalue weighted by Crippen LogP contribution is -2.16. The standard InChI is InChI=1S/C17H17ClN4OS/c1-2-23-15-9-8-14(18)10-13(15)11-19-22-16(20-21-17(22)24)12-6-4-3-5-7-12/h3-10,19H,2,11H2,1H3,(H,21,24). The molecule has 0 bridgehead atoms. The van der Waals surface area contributed by atoms with E-state index in [1.807, 2.05) is 55.5 Å². The quantitative estimate of drug-likeness (QED) is 0.639. The summed E-state index contributed by atoms with van der Waals surface area (Å²) in [6, 6.07) is 15.4. The number of H-pyrrole nitrogens is 1. The lowest BCUT2D eigenvalue weighted by atomic mass is 10.2. The molecule has 0 atom stereocenters. The van der Waals surface area contributed by atoms with Crippen molar-refractivity contribution in [2.24, 2.45) is 0 Å². The number of hydrogen-bond donors (Lipinski definition) is 2. The van der Waals surface area contributed by atoms with Crippen LogP contribution in [0.2, 0.25) is 5.02 Å². The van der Waals surface area contributed by atoms with Crippen molar-refractivity contribution < 1.29 is 4.74 Å². The van der Waals surface area contributed by atoms with E-state index >= 15 is 0 Å². The summed E-state index contributed by atoms with van der Waals surface area (Å²) < 4.78 is 7.90. The summed E-state index contributed by atoms with van der Waals surface area (Å²) in [6.07, 6.45) is 0. The highest BCUT2D eigenvalue weighted by Gasteiger charge is 2.10. The number of halogens is 1. The smallest absolute Gasteiger partial charge is 0.214 e. The van der Waals surface area contributed by atoms with E-state index in [1.54, 1.807) is 4.68 Å². The molecule has 0 saturated heterocycles. The van der Waals surface area contributed by atoms with Gasteiger partial charge in [-0.15, -0.1) is 0 Å². The van der Waals surface area contributed by atoms with Crippen LogP contribution in [0.4, 0.5) is 0 Å². The largest absolute Gasteiger partial charge is 0.494 e. The number of ether oxygens (including phenoxy) is 1. The number of hydrogen-bond acceptors (Lipinski definition) is 4. The first-order chi connectivity index (χ1) is 11.7. The zero-order valence-corrected chi connectivity index (χ0v) is 14.7. The predicted molar refractivity (Wildman–Crippen MR) is 98.5 cm³/mol. The van der Waals surface area contributed by atoms with Gasteiger partial charge in [-0.05, 0) is 37.3 Å². The van der Waals surface area contributed by atoms with Gasteiger partial charge in [-0.3, -0.25) is 0 Å². The van der Waals surface area contributed by atoms with Gasteiger partial charge in [0.25, 0.3) is 0 Å². The van der Waals surface area contributed by atoms with Crippen molar-refractivity contribution in [3.63, 3.8) is 0 Å². The molecule has 1 heterocycles. The van der Waals surface area contributed by atoms with Gasteiger partial charge in [0.2, 0.25) is 4.77 Å². The molecule has 1 aromatic heterocycles. The van der Waals surface area contributed by atoms with Crippen LogP contribution in [-0.4, -0.2) is 21.5 Å². The maximum absolute atomic E-state index is 6.11. The van der Waals surface area contributed by atoms with E-state index in [9.17, 15) is 0 Å². The topological polar surface area (TPSA) is 54.9 Å². The van der Waals surface area contributed by atoms with Gasteiger partial charge in [0, 0.05) is 16.1 Å². The Morgan fingerprint density at radius 1 is 1.25 bits per heavy atom. The first-order valence-electron chi connectivity index (χ1n) is 7.57. The van der Waals surface area contributed by atoms with E-state index in [4.69, 9.17) is 28.6 Å². The second-order valence-electron chi connectivity index (χ2n) is 5.07. The van der Waals surface area contributed by atoms with Gasteiger partial charge in [-0.1, -0.05) is 41.9 Å². The van der Waals surface area contributed by atoms with Crippen molar-refractivity contribution in [1.82, 2.24) is 14.9 Å². The Balaban J connectivity index is 1.87. The molecule has 3 rings (SSSR count). The first-order valence-corrected chi connectivity index (χ1v) is 8.35. The number of rotatable bonds is 6. The molecule has 0 fully saturated rings. The highest BCUT2D eigenvalue weighted by Crippen LogP contribution is 2.23. The zero-order chi connectivity index (χ0) is 16.9. The lowest BCUT2D eigenvalue weighted by molar-refractivity contribution is 0.336. The summed E-state index contributed by atoms with van der Waals surface area (Å²) in [5.74, 6) is 1.52. The Morgan fingerprint density at radius 3 is 2.79 bits per heavy atom. The highest BCUT2D eigenvalue weighted by atomic mass is 35.5. The normalized spacial score (nSPS) is 10.6. The second kappa shape index (κ2) is 7.51. The van der Waals surface area contributed by atoms with E-state index in [-0.39, 0.29) is 0 Å². The van der Waals surface area contributed by atoms with Crippen molar-refractivity contribution in [1.29, 1.82) is 0 Å². The van der Waals surface area contributed by atoms with Crippen molar-refractivity contribution in [2.75, 3.05) is 12.0 Å². The molecule has 2 N–H and O–H groups in total. The van der Waals surface area contributed by atoms with Crippen molar-refractivity contribution in [3.05, 3.63) is 63.9 Å². The fourth-order valence-electron chi connectivity index (χ4n) is 2.37. The molecule has 0 aliphatic rings. The maximum atomic E-state index is 6.11. The lowest BCUT2D eigenvalue weighted by Gasteiger charge is -2.14. The minimum atomic E-state index is 0.494. The van der Waals surface area contributed by atoms with Gasteiger partial charge in [-0.2, -0.15) is 5.10 Å². The Morgan fingerprint density at radius 2 is 2.04 bits per heavy atom. The molecule has 3 aromatic rings. The van der Waals surface area contributed by atoms with Gasteiger partial charge in [0.1, 0.15) is 5.75 Å². The third-order valence-electron chi connectivity index (χ3n) is 3.45. The fraction of sp³-hybridized carbons (Fsp3) is 0.176. The van der Waals surface area contributed by atoms with Crippen LogP contribution in [0.15, 0.2) is 48.5 Å². The average Bonchev–Trinajstić information content (AvgIpc) is 2.97. The molecular weight excluding hydrogens is 344 g/mol. The molecule has 0 aliphatic carbocycles. The van der Waals surface area contributed by atoms with Crippen LogP contribution >= 0.6 is 23.8 Å². The Labute approximate surface area is 150 Å². The molecule has 7 heteroatoms. The molecule has 0 radical (unpaired) electrons. The van der Waals surface area contributed by atoms with E-state index in [0.29, 0.717) is 22.9 Å². The highest BCUT2D eigenvalue weighted by molar-refractivity contribution is 7.71. The summed E-state index contributed by atoms with van der Waals surface area (Å²) in [4.78, 5) is 0. The van der Waals surface area contributed by atoms with Gasteiger partial charge >= 0.3 is 0 Å². The SMILES string of the molecule is CCOc1ccc(Cl)cc1CNn1c(-c2ccccc2)n[nH]c1=S. The predicted octanol–water partition coefficient (Wildman–Crippen LogP) is 4.40. The fourth-order valence-corrected chi connectivity index (χ4v) is 2.76. The number of benzene rings is 2. The molecule has 124 valence electrons. The van der Waals surface area contributed by atoms with Gasteiger partial charge in [-0.25, -0.2) is 9.77 Å². The van der Waals surface area contributed by atoms with Gasteiger partial charge < -0.3 is 10.2 Å². The van der Waals surface area contributed by atoms with E-state index < -0.39 is 0 Å². The Kier molecular flexibility index (Phi) is 5.17. The monoisotopic (exact) mass is 360 g/mol. The Hall–Kier alpha value is -2.31. The summed E-state index contributed by atoms with van der Waals surface area (Å²) in [5.41, 5.74) is 5.20. The van der Waals surface area contributed by atoms with Crippen LogP contribution in [0.25, 0.3) is 11.4 Å². The molecule has 0 aliphatic heterocycles. The summed E-state index contributed by atoms with van der Waals surface area (Å²) in [6.45, 7) is 3.05. The van der Waals surface area contributed by atoms with Crippen LogP contribution in [0, 0.1) is 4.77 Å². The van der Waals surface area contributed by atoms with Crippen LogP contribution in [-0.2, 0) is 6.54 Å². The summed E-state index contributed by atoms with van der Waals surface area (Å²) in [5, 5.41) is 7.78. The number of nitrogens with zero attached hydrogens (tertiary/aromatic N) is 2. The molecule has 0 unspecified atom stereocenters. The van der Waals surface area contributed by atoms with Gasteiger partial charge in [0.15, 0.2) is 5.82 Å². The number of nitrogens with one attached hydrogen (secondary N) is 2. The van der Waals surface area contributed by atoms with Crippen molar-refractivity contribution in [3.8, 4) is 17.1 Å². The molecular formula is C17H17ClN4OS. The summed E-state index contributed by atoms with van der Waals surface area (Å²) in [7, 11) is 0. The minimum Gasteiger partial charge on any atom is -0.494 e. The minimum absolute atomic E-state index is 0.494. The van der Waals surface area contributed by atoms with E-state index in [2.05, 4.69) is 15.6 Å². The maximum Gasteiger partial charge on any atom is 0.214 e. The average molecular weight is 361 g/mol. The van der Waals surface area contributed by atoms with E-state index in [1.165, 1.54) is 0 Å². The molecule has 24 heavy (non-hydrogen) atoms. The van der Waals surface area contributed by atoms with Crippen LogP contribution in [0.3, 0.4) is 0 Å². The van der Waals surface area contributed by atoms with Crippen LogP contribution < -0.4 is 10.2 Å². The van der Waals surface area contributed by atoms with Crippen molar-refractivity contribution >= 4 is 23.8 Å². The van der Waals surface area contributed by atoms with E-state index in [0.717, 1.165) is 22.7 Å². The third kappa shape index (κ3) is 3.60. The van der Waals surface area contributed by atoms with Crippen molar-refractivity contribution in [2.45, 2.75) is 13.5 Å². The third-order valence-corrected chi connectivity index (χ3v) is 3.96. The molecule has 5 nitrogen and oxygen atoms in total. The molecule has 2 aromatic carbocycles. The van der Waals surface area contributed by atoms with Crippen LogP contribution in [0.1, 0.15) is 12.5 Å². The zero-order valence-electron chi connectivity index (χ0n) is 13.1. The number of aromatic nitrogens is 3. The van der Waals surface area contributed by atoms with Crippen LogP contribution in [0.5, 0.6) is 5.75 Å². The molecule has 0 spiro atoms. The first kappa shape index (κ1) is 16.5.